The number of carbonyl (C=O) groups excluding carboxylic acids is 1. The highest BCUT2D eigenvalue weighted by Gasteiger charge is 2.33. The highest BCUT2D eigenvalue weighted by molar-refractivity contribution is 6.24. The highest BCUT2D eigenvalue weighted by Crippen LogP contribution is 2.38. The first kappa shape index (κ1) is 17.5. The maximum atomic E-state index is 13.1. The van der Waals surface area contributed by atoms with Crippen LogP contribution in [0.2, 0.25) is 0 Å². The zero-order valence-corrected chi connectivity index (χ0v) is 15.0. The number of non-ortho nitro benzene ring substituents is 1. The Balaban J connectivity index is 1.82. The molecule has 28 heavy (non-hydrogen) atoms. The van der Waals surface area contributed by atoms with Crippen molar-refractivity contribution in [2.45, 2.75) is 0 Å². The third kappa shape index (κ3) is 3.01. The minimum Gasteiger partial charge on any atom is -0.497 e. The molecular weight excluding hydrogens is 356 g/mol. The molecule has 4 rings (SSSR count). The number of methoxy groups -OCH3 is 1. The third-order valence-electron chi connectivity index (χ3n) is 4.62. The molecule has 6 nitrogen and oxygen atoms in total. The van der Waals surface area contributed by atoms with Gasteiger partial charge >= 0.3 is 0 Å². The molecule has 0 unspecified atom stereocenters. The summed E-state index contributed by atoms with van der Waals surface area (Å²) >= 11 is 0. The van der Waals surface area contributed by atoms with Gasteiger partial charge in [-0.1, -0.05) is 18.2 Å². The lowest BCUT2D eigenvalue weighted by molar-refractivity contribution is -0.384. The first-order valence-electron chi connectivity index (χ1n) is 8.62. The van der Waals surface area contributed by atoms with Gasteiger partial charge < -0.3 is 4.74 Å². The summed E-state index contributed by atoms with van der Waals surface area (Å²) in [7, 11) is 1.59. The summed E-state index contributed by atoms with van der Waals surface area (Å²) in [5.74, 6) is 0.586. The summed E-state index contributed by atoms with van der Waals surface area (Å²) in [6.07, 6.45) is 1.86. The second kappa shape index (κ2) is 7.00. The van der Waals surface area contributed by atoms with E-state index in [4.69, 9.17) is 4.74 Å². The van der Waals surface area contributed by atoms with Crippen LogP contribution in [0.3, 0.4) is 0 Å². The molecule has 1 aliphatic rings. The molecule has 0 spiro atoms. The molecule has 1 amide bonds. The molecule has 0 saturated carbocycles. The van der Waals surface area contributed by atoms with Gasteiger partial charge in [-0.25, -0.2) is 0 Å². The van der Waals surface area contributed by atoms with Crippen LogP contribution >= 0.6 is 0 Å². The SMILES string of the molecule is COc1ccc(N2C(=O)c3ccccc3/C2=C\c2ccc([N+](=O)[O-])cc2)cc1. The van der Waals surface area contributed by atoms with Crippen LogP contribution in [0.15, 0.2) is 72.8 Å². The number of hydrogen-bond donors (Lipinski definition) is 0. The average Bonchev–Trinajstić information content (AvgIpc) is 3.00. The molecule has 3 aromatic rings. The number of nitro groups is 1. The zero-order chi connectivity index (χ0) is 19.7. The number of ether oxygens (including phenoxy) is 1. The lowest BCUT2D eigenvalue weighted by atomic mass is 10.1. The zero-order valence-electron chi connectivity index (χ0n) is 15.0. The number of benzene rings is 3. The second-order valence-electron chi connectivity index (χ2n) is 6.26. The second-order valence-corrected chi connectivity index (χ2v) is 6.26. The summed E-state index contributed by atoms with van der Waals surface area (Å²) in [6.45, 7) is 0. The Morgan fingerprint density at radius 3 is 2.18 bits per heavy atom. The molecule has 0 radical (unpaired) electrons. The van der Waals surface area contributed by atoms with Gasteiger partial charge in [-0.15, -0.1) is 0 Å². The number of nitrogens with zero attached hydrogens (tertiary/aromatic N) is 2. The first-order chi connectivity index (χ1) is 13.6. The Morgan fingerprint density at radius 2 is 1.57 bits per heavy atom. The lowest BCUT2D eigenvalue weighted by Crippen LogP contribution is -2.22. The molecule has 138 valence electrons. The molecule has 6 heteroatoms. The van der Waals surface area contributed by atoms with Crippen LogP contribution in [0.4, 0.5) is 11.4 Å². The van der Waals surface area contributed by atoms with Gasteiger partial charge in [0.2, 0.25) is 0 Å². The maximum Gasteiger partial charge on any atom is 0.269 e. The van der Waals surface area contributed by atoms with E-state index < -0.39 is 4.92 Å². The quantitative estimate of drug-likeness (QED) is 0.489. The van der Waals surface area contributed by atoms with Crippen LogP contribution in [-0.4, -0.2) is 17.9 Å². The fourth-order valence-electron chi connectivity index (χ4n) is 3.22. The summed E-state index contributed by atoms with van der Waals surface area (Å²) in [5, 5.41) is 10.9. The van der Waals surface area contributed by atoms with Gasteiger partial charge in [0.25, 0.3) is 11.6 Å². The van der Waals surface area contributed by atoms with Gasteiger partial charge in [0, 0.05) is 28.9 Å². The number of nitro benzene ring substituents is 1. The standard InChI is InChI=1S/C22H16N2O4/c1-28-18-12-10-16(11-13-18)23-21(19-4-2-3-5-20(19)22(23)25)14-15-6-8-17(9-7-15)24(26)27/h2-14H,1H3/b21-14+. The van der Waals surface area contributed by atoms with E-state index in [1.165, 1.54) is 12.1 Å². The van der Waals surface area contributed by atoms with Gasteiger partial charge in [-0.05, 0) is 54.1 Å². The number of anilines is 1. The van der Waals surface area contributed by atoms with Crippen molar-refractivity contribution in [3.8, 4) is 5.75 Å². The van der Waals surface area contributed by atoms with E-state index >= 15 is 0 Å². The van der Waals surface area contributed by atoms with Crippen molar-refractivity contribution in [1.82, 2.24) is 0 Å². The topological polar surface area (TPSA) is 72.7 Å². The third-order valence-corrected chi connectivity index (χ3v) is 4.62. The maximum absolute atomic E-state index is 13.1. The molecule has 0 aliphatic carbocycles. The van der Waals surface area contributed by atoms with Gasteiger partial charge in [0.1, 0.15) is 5.75 Å². The average molecular weight is 372 g/mol. The van der Waals surface area contributed by atoms with Crippen LogP contribution in [0.5, 0.6) is 5.75 Å². The minimum absolute atomic E-state index is 0.0251. The Bertz CT molecular complexity index is 1090. The van der Waals surface area contributed by atoms with Crippen molar-refractivity contribution >= 4 is 29.1 Å². The van der Waals surface area contributed by atoms with Crippen molar-refractivity contribution in [1.29, 1.82) is 0 Å². The number of hydrogen-bond acceptors (Lipinski definition) is 4. The monoisotopic (exact) mass is 372 g/mol. The number of fused-ring (bicyclic) bond motifs is 1. The van der Waals surface area contributed by atoms with E-state index in [0.29, 0.717) is 11.3 Å². The fourth-order valence-corrected chi connectivity index (χ4v) is 3.22. The van der Waals surface area contributed by atoms with Gasteiger partial charge in [0.05, 0.1) is 17.7 Å². The lowest BCUT2D eigenvalue weighted by Gasteiger charge is -2.19. The van der Waals surface area contributed by atoms with Crippen LogP contribution in [0, 0.1) is 10.1 Å². The van der Waals surface area contributed by atoms with E-state index in [1.807, 2.05) is 36.4 Å². The molecule has 0 saturated heterocycles. The molecule has 0 atom stereocenters. The molecule has 3 aromatic carbocycles. The normalized spacial score (nSPS) is 14.2. The summed E-state index contributed by atoms with van der Waals surface area (Å²) < 4.78 is 5.20. The van der Waals surface area contributed by atoms with Crippen molar-refractivity contribution in [3.63, 3.8) is 0 Å². The molecular formula is C22H16N2O4. The Hall–Kier alpha value is -3.93. The van der Waals surface area contributed by atoms with Crippen LogP contribution < -0.4 is 9.64 Å². The van der Waals surface area contributed by atoms with Gasteiger partial charge in [0.15, 0.2) is 0 Å². The molecule has 1 heterocycles. The van der Waals surface area contributed by atoms with E-state index in [-0.39, 0.29) is 11.6 Å². The molecule has 1 aliphatic heterocycles. The van der Waals surface area contributed by atoms with E-state index in [9.17, 15) is 14.9 Å². The van der Waals surface area contributed by atoms with Crippen LogP contribution in [0.25, 0.3) is 11.8 Å². The highest BCUT2D eigenvalue weighted by atomic mass is 16.6. The molecule has 0 N–H and O–H groups in total. The number of rotatable bonds is 4. The molecule has 0 bridgehead atoms. The predicted octanol–water partition coefficient (Wildman–Crippen LogP) is 4.76. The molecule has 0 fully saturated rings. The fraction of sp³-hybridized carbons (Fsp3) is 0.0455. The van der Waals surface area contributed by atoms with Crippen molar-refractivity contribution in [3.05, 3.63) is 99.6 Å². The molecule has 0 aromatic heterocycles. The summed E-state index contributed by atoms with van der Waals surface area (Å²) in [6, 6.07) is 20.9. The van der Waals surface area contributed by atoms with E-state index in [0.717, 1.165) is 22.5 Å². The van der Waals surface area contributed by atoms with E-state index in [1.54, 1.807) is 42.3 Å². The minimum atomic E-state index is -0.436. The van der Waals surface area contributed by atoms with Gasteiger partial charge in [-0.2, -0.15) is 0 Å². The van der Waals surface area contributed by atoms with Crippen LogP contribution in [0.1, 0.15) is 21.5 Å². The van der Waals surface area contributed by atoms with Crippen molar-refractivity contribution in [2.24, 2.45) is 0 Å². The van der Waals surface area contributed by atoms with Gasteiger partial charge in [-0.3, -0.25) is 19.8 Å². The van der Waals surface area contributed by atoms with Crippen molar-refractivity contribution in [2.75, 3.05) is 12.0 Å². The van der Waals surface area contributed by atoms with E-state index in [2.05, 4.69) is 0 Å². The first-order valence-corrected chi connectivity index (χ1v) is 8.62. The number of carbonyl (C=O) groups is 1. The Morgan fingerprint density at radius 1 is 0.929 bits per heavy atom. The smallest absolute Gasteiger partial charge is 0.269 e. The predicted molar refractivity (Wildman–Crippen MR) is 107 cm³/mol. The van der Waals surface area contributed by atoms with Crippen LogP contribution in [-0.2, 0) is 0 Å². The summed E-state index contributed by atoms with van der Waals surface area (Å²) in [5.41, 5.74) is 3.67. The number of amides is 1. The Kier molecular flexibility index (Phi) is 4.37. The largest absolute Gasteiger partial charge is 0.497 e. The van der Waals surface area contributed by atoms with Crippen molar-refractivity contribution < 1.29 is 14.5 Å². The Labute approximate surface area is 161 Å². The summed E-state index contributed by atoms with van der Waals surface area (Å²) in [4.78, 5) is 25.1.